The first kappa shape index (κ1) is 19.3. The molecular weight excluding hydrogens is 362 g/mol. The van der Waals surface area contributed by atoms with Gasteiger partial charge in [0.1, 0.15) is 5.82 Å². The number of likely N-dealkylation sites (tertiary alicyclic amines) is 1. The Morgan fingerprint density at radius 3 is 2.55 bits per heavy atom. The Bertz CT molecular complexity index is 975. The lowest BCUT2D eigenvalue weighted by atomic mass is 9.90. The third-order valence-corrected chi connectivity index (χ3v) is 5.58. The molecule has 1 amide bonds. The molecule has 4 rings (SSSR count). The fraction of sp³-hybridized carbons (Fsp3) is 0.391. The first-order chi connectivity index (χ1) is 14.0. The van der Waals surface area contributed by atoms with Crippen molar-refractivity contribution in [1.29, 1.82) is 0 Å². The van der Waals surface area contributed by atoms with Crippen LogP contribution in [0.25, 0.3) is 11.1 Å². The van der Waals surface area contributed by atoms with Gasteiger partial charge in [0.2, 0.25) is 0 Å². The number of benzene rings is 1. The van der Waals surface area contributed by atoms with E-state index >= 15 is 0 Å². The summed E-state index contributed by atoms with van der Waals surface area (Å²) in [6.45, 7) is 7.60. The van der Waals surface area contributed by atoms with Crippen molar-refractivity contribution in [2.24, 2.45) is 0 Å². The minimum absolute atomic E-state index is 0.00130. The third-order valence-electron chi connectivity index (χ3n) is 5.58. The summed E-state index contributed by atoms with van der Waals surface area (Å²) < 4.78 is 0. The second-order valence-electron chi connectivity index (χ2n) is 8.14. The van der Waals surface area contributed by atoms with Crippen LogP contribution < -0.4 is 0 Å². The average molecular weight is 390 g/mol. The average Bonchev–Trinajstić information content (AvgIpc) is 3.24. The van der Waals surface area contributed by atoms with Gasteiger partial charge in [-0.1, -0.05) is 43.7 Å². The molecule has 3 aromatic rings. The third kappa shape index (κ3) is 4.06. The number of aryl methyl sites for hydroxylation is 1. The van der Waals surface area contributed by atoms with Crippen LogP contribution in [-0.2, 0) is 0 Å². The van der Waals surface area contributed by atoms with Crippen LogP contribution in [-0.4, -0.2) is 44.1 Å². The molecule has 0 bridgehead atoms. The van der Waals surface area contributed by atoms with Gasteiger partial charge in [-0.2, -0.15) is 5.10 Å². The number of amides is 1. The van der Waals surface area contributed by atoms with Crippen LogP contribution >= 0.6 is 0 Å². The summed E-state index contributed by atoms with van der Waals surface area (Å²) in [6.07, 6.45) is 7.20. The van der Waals surface area contributed by atoms with Crippen LogP contribution in [0.1, 0.15) is 66.0 Å². The number of nitrogens with zero attached hydrogens (tertiary/aromatic N) is 4. The molecule has 3 heterocycles. The van der Waals surface area contributed by atoms with E-state index in [-0.39, 0.29) is 17.7 Å². The van der Waals surface area contributed by atoms with Crippen LogP contribution in [0.3, 0.4) is 0 Å². The summed E-state index contributed by atoms with van der Waals surface area (Å²) >= 11 is 0. The molecule has 1 N–H and O–H groups in total. The van der Waals surface area contributed by atoms with Crippen LogP contribution in [0.2, 0.25) is 0 Å². The lowest BCUT2D eigenvalue weighted by Gasteiger charge is -2.32. The summed E-state index contributed by atoms with van der Waals surface area (Å²) in [5.41, 5.74) is 5.17. The normalized spacial score (nSPS) is 17.0. The number of hydrogen-bond acceptors (Lipinski definition) is 4. The molecule has 0 radical (unpaired) electrons. The molecule has 0 aliphatic carbocycles. The maximum absolute atomic E-state index is 13.0. The van der Waals surface area contributed by atoms with Gasteiger partial charge < -0.3 is 4.90 Å². The second kappa shape index (κ2) is 8.15. The first-order valence-electron chi connectivity index (χ1n) is 10.2. The standard InChI is InChI=1S/C23H27N5O/c1-15(2)22-24-11-19(12-25-22)23(29)28-10-4-5-18(14-28)21-20(13-26-27-21)17-8-6-16(3)7-9-17/h6-9,11-13,15,18H,4-5,10,14H2,1-3H3,(H,26,27). The number of piperidine rings is 1. The molecule has 1 saturated heterocycles. The number of aromatic nitrogens is 4. The highest BCUT2D eigenvalue weighted by atomic mass is 16.2. The zero-order valence-corrected chi connectivity index (χ0v) is 17.2. The van der Waals surface area contributed by atoms with Crippen molar-refractivity contribution < 1.29 is 4.79 Å². The second-order valence-corrected chi connectivity index (χ2v) is 8.14. The van der Waals surface area contributed by atoms with Crippen molar-refractivity contribution in [3.63, 3.8) is 0 Å². The van der Waals surface area contributed by atoms with E-state index in [2.05, 4.69) is 51.4 Å². The lowest BCUT2D eigenvalue weighted by molar-refractivity contribution is 0.0705. The van der Waals surface area contributed by atoms with Crippen molar-refractivity contribution in [3.8, 4) is 11.1 Å². The molecule has 1 atom stereocenters. The van der Waals surface area contributed by atoms with Gasteiger partial charge in [-0.3, -0.25) is 9.89 Å². The van der Waals surface area contributed by atoms with Crippen molar-refractivity contribution >= 4 is 5.91 Å². The maximum atomic E-state index is 13.0. The van der Waals surface area contributed by atoms with Gasteiger partial charge in [0, 0.05) is 48.6 Å². The Balaban J connectivity index is 1.52. The number of hydrogen-bond donors (Lipinski definition) is 1. The first-order valence-corrected chi connectivity index (χ1v) is 10.2. The van der Waals surface area contributed by atoms with Gasteiger partial charge in [0.15, 0.2) is 0 Å². The van der Waals surface area contributed by atoms with Crippen LogP contribution in [0.15, 0.2) is 42.9 Å². The van der Waals surface area contributed by atoms with E-state index < -0.39 is 0 Å². The molecule has 1 aliphatic heterocycles. The van der Waals surface area contributed by atoms with Gasteiger partial charge >= 0.3 is 0 Å². The highest BCUT2D eigenvalue weighted by Gasteiger charge is 2.28. The van der Waals surface area contributed by atoms with E-state index in [0.29, 0.717) is 12.1 Å². The number of carbonyl (C=O) groups is 1. The number of nitrogens with one attached hydrogen (secondary N) is 1. The summed E-state index contributed by atoms with van der Waals surface area (Å²) in [6, 6.07) is 8.49. The van der Waals surface area contributed by atoms with E-state index in [9.17, 15) is 4.79 Å². The fourth-order valence-corrected chi connectivity index (χ4v) is 3.90. The van der Waals surface area contributed by atoms with Crippen molar-refractivity contribution in [2.75, 3.05) is 13.1 Å². The predicted molar refractivity (Wildman–Crippen MR) is 113 cm³/mol. The Kier molecular flexibility index (Phi) is 5.43. The molecule has 6 nitrogen and oxygen atoms in total. The Hall–Kier alpha value is -3.02. The number of carbonyl (C=O) groups excluding carboxylic acids is 1. The zero-order chi connectivity index (χ0) is 20.4. The molecule has 1 fully saturated rings. The summed E-state index contributed by atoms with van der Waals surface area (Å²) in [5.74, 6) is 1.25. The molecule has 1 aliphatic rings. The summed E-state index contributed by atoms with van der Waals surface area (Å²) in [7, 11) is 0. The molecule has 1 unspecified atom stereocenters. The molecule has 0 spiro atoms. The van der Waals surface area contributed by atoms with Gasteiger partial charge in [-0.05, 0) is 25.3 Å². The van der Waals surface area contributed by atoms with Gasteiger partial charge in [-0.15, -0.1) is 0 Å². The molecule has 2 aromatic heterocycles. The summed E-state index contributed by atoms with van der Waals surface area (Å²) in [5, 5.41) is 7.50. The van der Waals surface area contributed by atoms with Crippen LogP contribution in [0, 0.1) is 6.92 Å². The van der Waals surface area contributed by atoms with Crippen LogP contribution in [0.5, 0.6) is 0 Å². The van der Waals surface area contributed by atoms with E-state index in [1.807, 2.05) is 24.9 Å². The number of aromatic amines is 1. The largest absolute Gasteiger partial charge is 0.338 e. The molecule has 1 aromatic carbocycles. The Morgan fingerprint density at radius 2 is 1.86 bits per heavy atom. The minimum Gasteiger partial charge on any atom is -0.338 e. The van der Waals surface area contributed by atoms with Crippen LogP contribution in [0.4, 0.5) is 0 Å². The SMILES string of the molecule is Cc1ccc(-c2cn[nH]c2C2CCCN(C(=O)c3cnc(C(C)C)nc3)C2)cc1. The van der Waals surface area contributed by atoms with E-state index in [1.165, 1.54) is 5.56 Å². The van der Waals surface area contributed by atoms with Gasteiger partial charge in [0.25, 0.3) is 5.91 Å². The fourth-order valence-electron chi connectivity index (χ4n) is 3.90. The minimum atomic E-state index is 0.00130. The number of H-pyrrole nitrogens is 1. The molecule has 29 heavy (non-hydrogen) atoms. The van der Waals surface area contributed by atoms with Crippen molar-refractivity contribution in [3.05, 3.63) is 65.5 Å². The van der Waals surface area contributed by atoms with Crippen molar-refractivity contribution in [2.45, 2.75) is 45.4 Å². The van der Waals surface area contributed by atoms with E-state index in [0.717, 1.165) is 42.0 Å². The quantitative estimate of drug-likeness (QED) is 0.721. The Labute approximate surface area is 171 Å². The van der Waals surface area contributed by atoms with E-state index in [4.69, 9.17) is 0 Å². The Morgan fingerprint density at radius 1 is 1.14 bits per heavy atom. The zero-order valence-electron chi connectivity index (χ0n) is 17.2. The highest BCUT2D eigenvalue weighted by molar-refractivity contribution is 5.93. The summed E-state index contributed by atoms with van der Waals surface area (Å²) in [4.78, 5) is 23.6. The molecule has 6 heteroatoms. The lowest BCUT2D eigenvalue weighted by Crippen LogP contribution is -2.39. The molecular formula is C23H27N5O. The van der Waals surface area contributed by atoms with Gasteiger partial charge in [0.05, 0.1) is 11.8 Å². The van der Waals surface area contributed by atoms with E-state index in [1.54, 1.807) is 12.4 Å². The van der Waals surface area contributed by atoms with Crippen molar-refractivity contribution in [1.82, 2.24) is 25.1 Å². The maximum Gasteiger partial charge on any atom is 0.257 e. The highest BCUT2D eigenvalue weighted by Crippen LogP contribution is 2.33. The smallest absolute Gasteiger partial charge is 0.257 e. The van der Waals surface area contributed by atoms with Gasteiger partial charge in [-0.25, -0.2) is 9.97 Å². The molecule has 0 saturated carbocycles. The topological polar surface area (TPSA) is 74.8 Å². The monoisotopic (exact) mass is 389 g/mol. The molecule has 150 valence electrons. The predicted octanol–water partition coefficient (Wildman–Crippen LogP) is 4.32. The number of rotatable bonds is 4.